The molecular weight excluding hydrogens is 334 g/mol. The van der Waals surface area contributed by atoms with Crippen LogP contribution in [0.4, 0.5) is 0 Å². The molecular formula is C19H27N3O2S. The lowest BCUT2D eigenvalue weighted by molar-refractivity contribution is -0.0874. The molecule has 4 rings (SSSR count). The van der Waals surface area contributed by atoms with Crippen molar-refractivity contribution in [3.05, 3.63) is 29.6 Å². The number of ether oxygens (including phenoxy) is 2. The molecule has 4 heterocycles. The van der Waals surface area contributed by atoms with Gasteiger partial charge in [-0.15, -0.1) is 0 Å². The molecule has 0 unspecified atom stereocenters. The van der Waals surface area contributed by atoms with Crippen molar-refractivity contribution in [3.8, 4) is 0 Å². The van der Waals surface area contributed by atoms with E-state index in [1.165, 1.54) is 18.4 Å². The first kappa shape index (κ1) is 17.5. The predicted octanol–water partition coefficient (Wildman–Crippen LogP) is 2.92. The van der Waals surface area contributed by atoms with E-state index in [-0.39, 0.29) is 5.41 Å². The molecule has 0 aromatic carbocycles. The van der Waals surface area contributed by atoms with Crippen molar-refractivity contribution in [1.29, 1.82) is 0 Å². The van der Waals surface area contributed by atoms with E-state index in [2.05, 4.69) is 20.9 Å². The first-order valence-electron chi connectivity index (χ1n) is 9.26. The van der Waals surface area contributed by atoms with Gasteiger partial charge in [0, 0.05) is 42.6 Å². The molecule has 0 aliphatic carbocycles. The number of hydrogen-bond acceptors (Lipinski definition) is 6. The predicted molar refractivity (Wildman–Crippen MR) is 98.6 cm³/mol. The molecule has 3 aliphatic heterocycles. The van der Waals surface area contributed by atoms with E-state index in [9.17, 15) is 0 Å². The smallest absolute Gasteiger partial charge is 0.187 e. The van der Waals surface area contributed by atoms with E-state index in [1.54, 1.807) is 17.3 Å². The van der Waals surface area contributed by atoms with E-state index in [0.717, 1.165) is 57.5 Å². The minimum absolute atomic E-state index is 0.181. The van der Waals surface area contributed by atoms with Crippen LogP contribution >= 0.6 is 11.8 Å². The number of hydrogen-bond donors (Lipinski definition) is 0. The molecule has 0 saturated carbocycles. The van der Waals surface area contributed by atoms with E-state index >= 15 is 0 Å². The van der Waals surface area contributed by atoms with E-state index < -0.39 is 0 Å². The Morgan fingerprint density at radius 1 is 1.28 bits per heavy atom. The highest BCUT2D eigenvalue weighted by molar-refractivity contribution is 7.98. The van der Waals surface area contributed by atoms with Crippen LogP contribution in [-0.4, -0.2) is 60.1 Å². The fourth-order valence-electron chi connectivity index (χ4n) is 4.75. The van der Waals surface area contributed by atoms with Crippen molar-refractivity contribution in [2.75, 3.05) is 39.2 Å². The maximum atomic E-state index is 5.99. The highest BCUT2D eigenvalue weighted by atomic mass is 32.2. The second-order valence-corrected chi connectivity index (χ2v) is 7.99. The largest absolute Gasteiger partial charge is 0.380 e. The summed E-state index contributed by atoms with van der Waals surface area (Å²) in [7, 11) is 0. The molecule has 1 aromatic heterocycles. The number of likely N-dealkylation sites (tertiary alicyclic amines) is 1. The molecule has 5 nitrogen and oxygen atoms in total. The van der Waals surface area contributed by atoms with Crippen LogP contribution in [0.2, 0.25) is 0 Å². The van der Waals surface area contributed by atoms with E-state index in [4.69, 9.17) is 9.47 Å². The Bertz CT molecular complexity index is 618. The Hall–Kier alpha value is -0.950. The van der Waals surface area contributed by atoms with Crippen LogP contribution in [0.15, 0.2) is 29.2 Å². The third-order valence-electron chi connectivity index (χ3n) is 5.89. The summed E-state index contributed by atoms with van der Waals surface area (Å²) in [6.45, 7) is 5.43. The summed E-state index contributed by atoms with van der Waals surface area (Å²) in [6, 6.07) is 0.555. The fraction of sp³-hybridized carbons (Fsp3) is 0.684. The SMILES string of the molecule is CSc1ncc(CN2CCC[C@@]3(C4=CCOCC4)COCC[C@H]23)cn1. The van der Waals surface area contributed by atoms with Crippen molar-refractivity contribution in [3.63, 3.8) is 0 Å². The quantitative estimate of drug-likeness (QED) is 0.467. The Labute approximate surface area is 154 Å². The molecule has 0 bridgehead atoms. The average molecular weight is 362 g/mol. The Morgan fingerprint density at radius 3 is 2.92 bits per heavy atom. The van der Waals surface area contributed by atoms with Crippen molar-refractivity contribution in [1.82, 2.24) is 14.9 Å². The minimum Gasteiger partial charge on any atom is -0.380 e. The molecule has 0 spiro atoms. The zero-order chi connectivity index (χ0) is 17.1. The first-order valence-corrected chi connectivity index (χ1v) is 10.5. The van der Waals surface area contributed by atoms with Gasteiger partial charge in [0.05, 0.1) is 19.8 Å². The average Bonchev–Trinajstić information content (AvgIpc) is 2.69. The monoisotopic (exact) mass is 361 g/mol. The molecule has 0 amide bonds. The lowest BCUT2D eigenvalue weighted by Gasteiger charge is -2.54. The summed E-state index contributed by atoms with van der Waals surface area (Å²) in [4.78, 5) is 11.5. The van der Waals surface area contributed by atoms with Gasteiger partial charge in [-0.05, 0) is 38.5 Å². The summed E-state index contributed by atoms with van der Waals surface area (Å²) >= 11 is 1.59. The Kier molecular flexibility index (Phi) is 5.41. The van der Waals surface area contributed by atoms with Gasteiger partial charge in [0.1, 0.15) is 0 Å². The number of fused-ring (bicyclic) bond motifs is 1. The number of nitrogens with zero attached hydrogens (tertiary/aromatic N) is 3. The molecule has 25 heavy (non-hydrogen) atoms. The Morgan fingerprint density at radius 2 is 2.16 bits per heavy atom. The molecule has 1 aromatic rings. The Balaban J connectivity index is 1.57. The van der Waals surface area contributed by atoms with Crippen LogP contribution in [0.25, 0.3) is 0 Å². The maximum absolute atomic E-state index is 5.99. The third kappa shape index (κ3) is 3.50. The number of piperidine rings is 1. The van der Waals surface area contributed by atoms with Gasteiger partial charge in [-0.2, -0.15) is 0 Å². The van der Waals surface area contributed by atoms with Crippen LogP contribution in [0.5, 0.6) is 0 Å². The van der Waals surface area contributed by atoms with Crippen LogP contribution in [0.3, 0.4) is 0 Å². The summed E-state index contributed by atoms with van der Waals surface area (Å²) in [5.41, 5.74) is 2.96. The van der Waals surface area contributed by atoms with Gasteiger partial charge in [0.2, 0.25) is 0 Å². The van der Waals surface area contributed by atoms with Crippen molar-refractivity contribution in [2.24, 2.45) is 5.41 Å². The number of aromatic nitrogens is 2. The van der Waals surface area contributed by atoms with E-state index in [1.807, 2.05) is 18.6 Å². The van der Waals surface area contributed by atoms with Gasteiger partial charge in [-0.3, -0.25) is 4.90 Å². The van der Waals surface area contributed by atoms with Crippen molar-refractivity contribution in [2.45, 2.75) is 43.4 Å². The second-order valence-electron chi connectivity index (χ2n) is 7.22. The normalized spacial score (nSPS) is 30.6. The van der Waals surface area contributed by atoms with Crippen molar-refractivity contribution < 1.29 is 9.47 Å². The molecule has 3 aliphatic rings. The first-order chi connectivity index (χ1) is 12.3. The summed E-state index contributed by atoms with van der Waals surface area (Å²) in [5, 5.41) is 0.843. The van der Waals surface area contributed by atoms with Crippen LogP contribution in [0, 0.1) is 5.41 Å². The second kappa shape index (κ2) is 7.74. The van der Waals surface area contributed by atoms with Gasteiger partial charge >= 0.3 is 0 Å². The fourth-order valence-corrected chi connectivity index (χ4v) is 5.06. The molecule has 2 fully saturated rings. The minimum atomic E-state index is 0.181. The molecule has 2 saturated heterocycles. The highest BCUT2D eigenvalue weighted by Crippen LogP contribution is 2.48. The summed E-state index contributed by atoms with van der Waals surface area (Å²) in [6.07, 6.45) is 12.9. The lowest BCUT2D eigenvalue weighted by Crippen LogP contribution is -2.57. The van der Waals surface area contributed by atoms with Crippen LogP contribution in [0.1, 0.15) is 31.2 Å². The third-order valence-corrected chi connectivity index (χ3v) is 6.47. The van der Waals surface area contributed by atoms with Crippen LogP contribution < -0.4 is 0 Å². The van der Waals surface area contributed by atoms with Gasteiger partial charge in [-0.1, -0.05) is 23.4 Å². The van der Waals surface area contributed by atoms with E-state index in [0.29, 0.717) is 6.04 Å². The number of rotatable bonds is 4. The maximum Gasteiger partial charge on any atom is 0.187 e. The summed E-state index contributed by atoms with van der Waals surface area (Å²) in [5.74, 6) is 0. The molecule has 0 radical (unpaired) electrons. The summed E-state index contributed by atoms with van der Waals surface area (Å²) < 4.78 is 11.6. The standard InChI is InChI=1S/C19H27N3O2S/c1-25-18-20-11-15(12-21-18)13-22-7-2-6-19(14-24-10-5-17(19)22)16-3-8-23-9-4-16/h3,11-12,17H,2,4-10,13-14H2,1H3/t17-,19-/m0/s1. The van der Waals surface area contributed by atoms with Gasteiger partial charge < -0.3 is 9.47 Å². The lowest BCUT2D eigenvalue weighted by atomic mass is 9.65. The zero-order valence-electron chi connectivity index (χ0n) is 14.9. The number of thioether (sulfide) groups is 1. The molecule has 136 valence electrons. The van der Waals surface area contributed by atoms with Gasteiger partial charge in [0.25, 0.3) is 0 Å². The zero-order valence-corrected chi connectivity index (χ0v) is 15.8. The molecule has 2 atom stereocenters. The van der Waals surface area contributed by atoms with Crippen LogP contribution in [-0.2, 0) is 16.0 Å². The highest BCUT2D eigenvalue weighted by Gasteiger charge is 2.48. The topological polar surface area (TPSA) is 47.5 Å². The van der Waals surface area contributed by atoms with Gasteiger partial charge in [0.15, 0.2) is 5.16 Å². The molecule has 6 heteroatoms. The van der Waals surface area contributed by atoms with Crippen molar-refractivity contribution >= 4 is 11.8 Å². The van der Waals surface area contributed by atoms with Gasteiger partial charge in [-0.25, -0.2) is 9.97 Å². The molecule has 0 N–H and O–H groups in total.